The molecular formula is C32H36N6. The second-order valence-corrected chi connectivity index (χ2v) is 9.58. The number of anilines is 2. The normalized spacial score (nSPS) is 15.7. The van der Waals surface area contributed by atoms with Crippen molar-refractivity contribution in [3.8, 4) is 0 Å². The Morgan fingerprint density at radius 2 is 1.76 bits per heavy atom. The van der Waals surface area contributed by atoms with Crippen LogP contribution in [0.3, 0.4) is 0 Å². The minimum atomic E-state index is 0.0706. The van der Waals surface area contributed by atoms with Crippen LogP contribution >= 0.6 is 0 Å². The van der Waals surface area contributed by atoms with Crippen LogP contribution < -0.4 is 9.91 Å². The van der Waals surface area contributed by atoms with E-state index in [4.69, 9.17) is 10.1 Å². The third-order valence-corrected chi connectivity index (χ3v) is 7.18. The highest BCUT2D eigenvalue weighted by atomic mass is 15.5. The summed E-state index contributed by atoms with van der Waals surface area (Å²) in [6, 6.07) is 19.3. The lowest BCUT2D eigenvalue weighted by molar-refractivity contribution is 0.754. The maximum absolute atomic E-state index is 5.03. The van der Waals surface area contributed by atoms with Crippen LogP contribution in [0.1, 0.15) is 44.0 Å². The van der Waals surface area contributed by atoms with Gasteiger partial charge in [-0.05, 0) is 75.2 Å². The van der Waals surface area contributed by atoms with E-state index in [1.54, 1.807) is 0 Å². The van der Waals surface area contributed by atoms with Crippen molar-refractivity contribution in [2.45, 2.75) is 46.7 Å². The predicted octanol–water partition coefficient (Wildman–Crippen LogP) is 6.97. The van der Waals surface area contributed by atoms with Crippen molar-refractivity contribution < 1.29 is 0 Å². The van der Waals surface area contributed by atoms with Gasteiger partial charge in [-0.2, -0.15) is 5.10 Å². The molecule has 0 N–H and O–H groups in total. The summed E-state index contributed by atoms with van der Waals surface area (Å²) in [7, 11) is 0. The zero-order chi connectivity index (χ0) is 26.5. The molecule has 0 aliphatic carbocycles. The molecule has 1 unspecified atom stereocenters. The number of aryl methyl sites for hydroxylation is 2. The first-order valence-corrected chi connectivity index (χ1v) is 13.5. The number of benzene rings is 2. The van der Waals surface area contributed by atoms with Gasteiger partial charge in [0, 0.05) is 37.1 Å². The summed E-state index contributed by atoms with van der Waals surface area (Å²) in [6.45, 7) is 11.5. The Morgan fingerprint density at radius 3 is 2.53 bits per heavy atom. The molecule has 3 heterocycles. The van der Waals surface area contributed by atoms with Crippen LogP contribution in [0.4, 0.5) is 11.5 Å². The number of nitrogens with zero attached hydrogens (tertiary/aromatic N) is 6. The molecule has 0 spiro atoms. The summed E-state index contributed by atoms with van der Waals surface area (Å²) < 4.78 is 2.12. The van der Waals surface area contributed by atoms with Crippen LogP contribution in [0.25, 0.3) is 23.1 Å². The lowest BCUT2D eigenvalue weighted by atomic mass is 10.1. The summed E-state index contributed by atoms with van der Waals surface area (Å²) in [4.78, 5) is 11.6. The zero-order valence-corrected chi connectivity index (χ0v) is 22.7. The molecule has 2 aromatic carbocycles. The summed E-state index contributed by atoms with van der Waals surface area (Å²) in [5, 5.41) is 8.27. The first-order chi connectivity index (χ1) is 18.6. The van der Waals surface area contributed by atoms with Gasteiger partial charge in [0.1, 0.15) is 5.82 Å². The first kappa shape index (κ1) is 25.5. The van der Waals surface area contributed by atoms with Crippen LogP contribution in [0, 0.1) is 6.92 Å². The maximum Gasteiger partial charge on any atom is 0.150 e. The fourth-order valence-corrected chi connectivity index (χ4v) is 5.00. The van der Waals surface area contributed by atoms with Crippen molar-refractivity contribution in [3.63, 3.8) is 0 Å². The van der Waals surface area contributed by atoms with Gasteiger partial charge in [-0.3, -0.25) is 0 Å². The SMILES string of the molecule is CCN(CC)c1ccc(C=CC2CC(C=Cc3cncn3CC)=NN2c2cc(C)c3ccccc3n2)cc1. The summed E-state index contributed by atoms with van der Waals surface area (Å²) in [5.74, 6) is 0.870. The number of rotatable bonds is 9. The maximum atomic E-state index is 5.03. The van der Waals surface area contributed by atoms with Crippen LogP contribution in [0.15, 0.2) is 84.4 Å². The van der Waals surface area contributed by atoms with Crippen molar-refractivity contribution in [1.82, 2.24) is 14.5 Å². The molecule has 0 bridgehead atoms. The molecule has 194 valence electrons. The Hall–Kier alpha value is -4.19. The molecule has 4 aromatic rings. The summed E-state index contributed by atoms with van der Waals surface area (Å²) in [5.41, 5.74) is 6.73. The Morgan fingerprint density at radius 1 is 0.974 bits per heavy atom. The number of hydrogen-bond donors (Lipinski definition) is 0. The molecular weight excluding hydrogens is 468 g/mol. The van der Waals surface area contributed by atoms with Crippen molar-refractivity contribution in [1.29, 1.82) is 0 Å². The third kappa shape index (κ3) is 5.40. The Kier molecular flexibility index (Phi) is 7.68. The van der Waals surface area contributed by atoms with Crippen molar-refractivity contribution >= 4 is 40.3 Å². The smallest absolute Gasteiger partial charge is 0.150 e. The van der Waals surface area contributed by atoms with Gasteiger partial charge in [0.25, 0.3) is 0 Å². The van der Waals surface area contributed by atoms with E-state index in [-0.39, 0.29) is 6.04 Å². The molecule has 0 radical (unpaired) electrons. The van der Waals surface area contributed by atoms with Crippen molar-refractivity contribution in [2.75, 3.05) is 23.0 Å². The van der Waals surface area contributed by atoms with Crippen molar-refractivity contribution in [2.24, 2.45) is 5.10 Å². The van der Waals surface area contributed by atoms with Gasteiger partial charge in [-0.1, -0.05) is 42.5 Å². The standard InChI is InChI=1S/C32H36N6/c1-5-36(6-2)27-16-12-25(13-17-27)14-18-28-21-26(15-19-29-22-33-23-37(29)7-3)35-38(28)32-20-24(4)30-10-8-9-11-31(30)34-32/h8-20,22-23,28H,5-7,21H2,1-4H3. The van der Waals surface area contributed by atoms with Gasteiger partial charge in [-0.25, -0.2) is 15.0 Å². The van der Waals surface area contributed by atoms with E-state index in [0.29, 0.717) is 0 Å². The van der Waals surface area contributed by atoms with E-state index in [2.05, 4.69) is 120 Å². The highest BCUT2D eigenvalue weighted by Gasteiger charge is 2.26. The van der Waals surface area contributed by atoms with Gasteiger partial charge in [-0.15, -0.1) is 0 Å². The lowest BCUT2D eigenvalue weighted by Gasteiger charge is -2.21. The molecule has 0 fully saturated rings. The molecule has 2 aromatic heterocycles. The molecule has 0 saturated carbocycles. The number of aromatic nitrogens is 3. The molecule has 38 heavy (non-hydrogen) atoms. The number of allylic oxidation sites excluding steroid dienone is 1. The molecule has 5 rings (SSSR count). The number of fused-ring (bicyclic) bond motifs is 1. The number of hydrogen-bond acceptors (Lipinski definition) is 5. The fourth-order valence-electron chi connectivity index (χ4n) is 5.00. The van der Waals surface area contributed by atoms with Gasteiger partial charge < -0.3 is 9.47 Å². The average molecular weight is 505 g/mol. The molecule has 1 aliphatic heterocycles. The summed E-state index contributed by atoms with van der Waals surface area (Å²) >= 11 is 0. The number of pyridine rings is 1. The highest BCUT2D eigenvalue weighted by molar-refractivity contribution is 6.01. The second-order valence-electron chi connectivity index (χ2n) is 9.58. The topological polar surface area (TPSA) is 49.6 Å². The van der Waals surface area contributed by atoms with Crippen LogP contribution in [0.5, 0.6) is 0 Å². The minimum absolute atomic E-state index is 0.0706. The molecule has 0 saturated heterocycles. The Balaban J connectivity index is 1.44. The molecule has 1 atom stereocenters. The van der Waals surface area contributed by atoms with E-state index in [1.807, 2.05) is 18.6 Å². The Labute approximate surface area is 225 Å². The fraction of sp³-hybridized carbons (Fsp3) is 0.281. The molecule has 6 nitrogen and oxygen atoms in total. The largest absolute Gasteiger partial charge is 0.372 e. The monoisotopic (exact) mass is 504 g/mol. The van der Waals surface area contributed by atoms with Gasteiger partial charge in [0.15, 0.2) is 0 Å². The Bertz CT molecular complexity index is 1470. The quantitative estimate of drug-likeness (QED) is 0.247. The van der Waals surface area contributed by atoms with Gasteiger partial charge in [0.2, 0.25) is 0 Å². The van der Waals surface area contributed by atoms with E-state index < -0.39 is 0 Å². The van der Waals surface area contributed by atoms with Crippen LogP contribution in [0.2, 0.25) is 0 Å². The molecule has 6 heteroatoms. The van der Waals surface area contributed by atoms with Gasteiger partial charge in [0.05, 0.1) is 35.5 Å². The first-order valence-electron chi connectivity index (χ1n) is 13.5. The number of imidazole rings is 1. The zero-order valence-electron chi connectivity index (χ0n) is 22.7. The minimum Gasteiger partial charge on any atom is -0.372 e. The second kappa shape index (κ2) is 11.5. The summed E-state index contributed by atoms with van der Waals surface area (Å²) in [6.07, 6.45) is 13.2. The van der Waals surface area contributed by atoms with Crippen molar-refractivity contribution in [3.05, 3.63) is 96.1 Å². The third-order valence-electron chi connectivity index (χ3n) is 7.18. The van der Waals surface area contributed by atoms with Crippen LogP contribution in [-0.2, 0) is 6.54 Å². The number of hydrazone groups is 1. The van der Waals surface area contributed by atoms with E-state index in [0.717, 1.165) is 48.8 Å². The van der Waals surface area contributed by atoms with Crippen LogP contribution in [-0.4, -0.2) is 39.4 Å². The highest BCUT2D eigenvalue weighted by Crippen LogP contribution is 2.29. The van der Waals surface area contributed by atoms with Gasteiger partial charge >= 0.3 is 0 Å². The average Bonchev–Trinajstić information content (AvgIpc) is 3.58. The van der Waals surface area contributed by atoms with E-state index in [1.165, 1.54) is 22.2 Å². The molecule has 1 aliphatic rings. The molecule has 0 amide bonds. The lowest BCUT2D eigenvalue weighted by Crippen LogP contribution is -2.25. The predicted molar refractivity (Wildman–Crippen MR) is 161 cm³/mol. The number of para-hydroxylation sites is 1. The van der Waals surface area contributed by atoms with E-state index >= 15 is 0 Å². The van der Waals surface area contributed by atoms with E-state index in [9.17, 15) is 0 Å².